The standard InChI is InChI=1S/C16H15F2N3/c1-21(9-11-5-3-2-4-6-11)10-16-19-14-7-12(17)13(18)8-15(14)20-16/h2-8H,9-10H2,1H3,(H,19,20). The van der Waals surface area contributed by atoms with Crippen molar-refractivity contribution in [3.63, 3.8) is 0 Å². The molecule has 1 N–H and O–H groups in total. The second kappa shape index (κ2) is 5.61. The van der Waals surface area contributed by atoms with Crippen LogP contribution in [0, 0.1) is 11.6 Å². The molecule has 0 unspecified atom stereocenters. The van der Waals surface area contributed by atoms with Gasteiger partial charge < -0.3 is 4.98 Å². The fourth-order valence-electron chi connectivity index (χ4n) is 2.34. The summed E-state index contributed by atoms with van der Waals surface area (Å²) in [6.45, 7) is 1.35. The normalized spacial score (nSPS) is 11.4. The minimum absolute atomic E-state index is 0.442. The highest BCUT2D eigenvalue weighted by atomic mass is 19.2. The van der Waals surface area contributed by atoms with Gasteiger partial charge in [0.15, 0.2) is 11.6 Å². The highest BCUT2D eigenvalue weighted by molar-refractivity contribution is 5.75. The smallest absolute Gasteiger partial charge is 0.161 e. The second-order valence-electron chi connectivity index (χ2n) is 5.12. The summed E-state index contributed by atoms with van der Waals surface area (Å²) >= 11 is 0. The van der Waals surface area contributed by atoms with E-state index in [1.165, 1.54) is 5.56 Å². The van der Waals surface area contributed by atoms with Gasteiger partial charge in [0.2, 0.25) is 0 Å². The van der Waals surface area contributed by atoms with E-state index in [1.54, 1.807) is 0 Å². The topological polar surface area (TPSA) is 31.9 Å². The van der Waals surface area contributed by atoms with Crippen molar-refractivity contribution in [2.45, 2.75) is 13.1 Å². The summed E-state index contributed by atoms with van der Waals surface area (Å²) in [7, 11) is 1.97. The SMILES string of the molecule is CN(Cc1ccccc1)Cc1nc2cc(F)c(F)cc2[nH]1. The number of nitrogens with zero attached hydrogens (tertiary/aromatic N) is 2. The maximum absolute atomic E-state index is 13.2. The Morgan fingerprint density at radius 2 is 1.76 bits per heavy atom. The summed E-state index contributed by atoms with van der Waals surface area (Å²) in [6.07, 6.45) is 0. The average molecular weight is 287 g/mol. The van der Waals surface area contributed by atoms with Crippen LogP contribution >= 0.6 is 0 Å². The van der Waals surface area contributed by atoms with E-state index in [1.807, 2.05) is 25.2 Å². The Balaban J connectivity index is 1.75. The number of rotatable bonds is 4. The number of H-pyrrole nitrogens is 1. The number of halogens is 2. The molecule has 0 aliphatic heterocycles. The van der Waals surface area contributed by atoms with E-state index in [2.05, 4.69) is 27.0 Å². The van der Waals surface area contributed by atoms with Crippen LogP contribution in [0.4, 0.5) is 8.78 Å². The Kier molecular flexibility index (Phi) is 3.66. The third-order valence-electron chi connectivity index (χ3n) is 3.29. The number of imidazole rings is 1. The highest BCUT2D eigenvalue weighted by Crippen LogP contribution is 2.17. The lowest BCUT2D eigenvalue weighted by molar-refractivity contribution is 0.312. The molecular formula is C16H15F2N3. The molecule has 0 spiro atoms. The lowest BCUT2D eigenvalue weighted by atomic mass is 10.2. The molecule has 0 fully saturated rings. The minimum atomic E-state index is -0.877. The summed E-state index contributed by atoms with van der Waals surface area (Å²) < 4.78 is 26.3. The zero-order valence-electron chi connectivity index (χ0n) is 11.6. The molecule has 21 heavy (non-hydrogen) atoms. The van der Waals surface area contributed by atoms with Gasteiger partial charge in [0.25, 0.3) is 0 Å². The first-order valence-corrected chi connectivity index (χ1v) is 6.68. The van der Waals surface area contributed by atoms with E-state index < -0.39 is 11.6 Å². The minimum Gasteiger partial charge on any atom is -0.341 e. The number of aromatic amines is 1. The third kappa shape index (κ3) is 3.08. The number of benzene rings is 2. The van der Waals surface area contributed by atoms with Gasteiger partial charge in [0, 0.05) is 18.7 Å². The molecule has 3 rings (SSSR count). The molecule has 2 aromatic carbocycles. The van der Waals surface area contributed by atoms with E-state index >= 15 is 0 Å². The van der Waals surface area contributed by atoms with Crippen LogP contribution in [0.5, 0.6) is 0 Å². The zero-order valence-corrected chi connectivity index (χ0v) is 11.6. The van der Waals surface area contributed by atoms with E-state index in [9.17, 15) is 8.78 Å². The largest absolute Gasteiger partial charge is 0.341 e. The summed E-state index contributed by atoms with van der Waals surface area (Å²) in [4.78, 5) is 9.40. The quantitative estimate of drug-likeness (QED) is 0.796. The molecule has 1 heterocycles. The van der Waals surface area contributed by atoms with Crippen molar-refractivity contribution in [3.8, 4) is 0 Å². The van der Waals surface area contributed by atoms with Crippen LogP contribution in [-0.4, -0.2) is 21.9 Å². The Morgan fingerprint density at radius 1 is 1.05 bits per heavy atom. The number of fused-ring (bicyclic) bond motifs is 1. The van der Waals surface area contributed by atoms with Gasteiger partial charge in [-0.3, -0.25) is 4.90 Å². The average Bonchev–Trinajstić information content (AvgIpc) is 2.81. The molecular weight excluding hydrogens is 272 g/mol. The molecule has 0 radical (unpaired) electrons. The van der Waals surface area contributed by atoms with Crippen LogP contribution < -0.4 is 0 Å². The number of nitrogens with one attached hydrogen (secondary N) is 1. The van der Waals surface area contributed by atoms with Crippen molar-refractivity contribution in [2.24, 2.45) is 0 Å². The lowest BCUT2D eigenvalue weighted by Gasteiger charge is -2.14. The van der Waals surface area contributed by atoms with Crippen LogP contribution in [-0.2, 0) is 13.1 Å². The maximum Gasteiger partial charge on any atom is 0.161 e. The van der Waals surface area contributed by atoms with Gasteiger partial charge in [-0.25, -0.2) is 13.8 Å². The van der Waals surface area contributed by atoms with Gasteiger partial charge in [-0.05, 0) is 12.6 Å². The Hall–Kier alpha value is -2.27. The van der Waals surface area contributed by atoms with Crippen molar-refractivity contribution >= 4 is 11.0 Å². The van der Waals surface area contributed by atoms with E-state index in [4.69, 9.17) is 0 Å². The summed E-state index contributed by atoms with van der Waals surface area (Å²) in [5.74, 6) is -1.05. The first kappa shape index (κ1) is 13.7. The van der Waals surface area contributed by atoms with E-state index in [0.29, 0.717) is 23.4 Å². The predicted molar refractivity (Wildman–Crippen MR) is 77.6 cm³/mol. The van der Waals surface area contributed by atoms with Crippen molar-refractivity contribution in [2.75, 3.05) is 7.05 Å². The molecule has 0 aliphatic carbocycles. The van der Waals surface area contributed by atoms with Gasteiger partial charge in [0.1, 0.15) is 5.82 Å². The molecule has 108 valence electrons. The molecule has 0 amide bonds. The summed E-state index contributed by atoms with van der Waals surface area (Å²) in [5, 5.41) is 0. The van der Waals surface area contributed by atoms with E-state index in [0.717, 1.165) is 18.7 Å². The van der Waals surface area contributed by atoms with Crippen molar-refractivity contribution in [3.05, 3.63) is 65.5 Å². The predicted octanol–water partition coefficient (Wildman–Crippen LogP) is 3.47. The molecule has 0 saturated heterocycles. The molecule has 5 heteroatoms. The van der Waals surface area contributed by atoms with Crippen molar-refractivity contribution < 1.29 is 8.78 Å². The van der Waals surface area contributed by atoms with Crippen LogP contribution in [0.2, 0.25) is 0 Å². The van der Waals surface area contributed by atoms with Crippen LogP contribution in [0.15, 0.2) is 42.5 Å². The van der Waals surface area contributed by atoms with Crippen molar-refractivity contribution in [1.82, 2.24) is 14.9 Å². The van der Waals surface area contributed by atoms with Crippen LogP contribution in [0.25, 0.3) is 11.0 Å². The first-order chi connectivity index (χ1) is 10.1. The van der Waals surface area contributed by atoms with Crippen LogP contribution in [0.1, 0.15) is 11.4 Å². The molecule has 3 nitrogen and oxygen atoms in total. The Bertz CT molecular complexity index is 714. The summed E-state index contributed by atoms with van der Waals surface area (Å²) in [5.41, 5.74) is 2.15. The van der Waals surface area contributed by atoms with Gasteiger partial charge in [-0.1, -0.05) is 30.3 Å². The van der Waals surface area contributed by atoms with Gasteiger partial charge in [-0.2, -0.15) is 0 Å². The van der Waals surface area contributed by atoms with Crippen molar-refractivity contribution in [1.29, 1.82) is 0 Å². The third-order valence-corrected chi connectivity index (χ3v) is 3.29. The molecule has 0 aliphatic rings. The monoisotopic (exact) mass is 287 g/mol. The molecule has 0 atom stereocenters. The zero-order chi connectivity index (χ0) is 14.8. The Morgan fingerprint density at radius 3 is 2.52 bits per heavy atom. The second-order valence-corrected chi connectivity index (χ2v) is 5.12. The maximum atomic E-state index is 13.2. The highest BCUT2D eigenvalue weighted by Gasteiger charge is 2.10. The van der Waals surface area contributed by atoms with Crippen LogP contribution in [0.3, 0.4) is 0 Å². The van der Waals surface area contributed by atoms with E-state index in [-0.39, 0.29) is 0 Å². The molecule has 0 bridgehead atoms. The Labute approximate surface area is 121 Å². The van der Waals surface area contributed by atoms with Gasteiger partial charge in [-0.15, -0.1) is 0 Å². The number of hydrogen-bond donors (Lipinski definition) is 1. The number of hydrogen-bond acceptors (Lipinski definition) is 2. The number of aromatic nitrogens is 2. The lowest BCUT2D eigenvalue weighted by Crippen LogP contribution is -2.17. The molecule has 0 saturated carbocycles. The van der Waals surface area contributed by atoms with Gasteiger partial charge >= 0.3 is 0 Å². The first-order valence-electron chi connectivity index (χ1n) is 6.68. The summed E-state index contributed by atoms with van der Waals surface area (Å²) in [6, 6.07) is 12.3. The van der Waals surface area contributed by atoms with Gasteiger partial charge in [0.05, 0.1) is 17.6 Å². The fraction of sp³-hybridized carbons (Fsp3) is 0.188. The molecule has 3 aromatic rings. The fourth-order valence-corrected chi connectivity index (χ4v) is 2.34. The molecule has 1 aromatic heterocycles.